The SMILES string of the molecule is CCCCC/C=C\[C@@H](O)[C@H](O)[C@H](O)CCCCCCCC(=O)O. The van der Waals surface area contributed by atoms with Crippen LogP contribution in [-0.2, 0) is 4.79 Å². The molecule has 0 saturated heterocycles. The molecule has 0 aromatic heterocycles. The fraction of sp³-hybridized carbons (Fsp3) is 0.833. The van der Waals surface area contributed by atoms with Crippen molar-refractivity contribution < 1.29 is 25.2 Å². The van der Waals surface area contributed by atoms with Gasteiger partial charge in [0, 0.05) is 6.42 Å². The van der Waals surface area contributed by atoms with E-state index in [1.165, 1.54) is 0 Å². The van der Waals surface area contributed by atoms with Crippen LogP contribution >= 0.6 is 0 Å². The molecule has 0 aromatic carbocycles. The predicted octanol–water partition coefficient (Wildman–Crippen LogP) is 3.02. The zero-order valence-corrected chi connectivity index (χ0v) is 14.4. The Kier molecular flexibility index (Phi) is 14.1. The molecule has 0 heterocycles. The van der Waals surface area contributed by atoms with Gasteiger partial charge in [0.15, 0.2) is 0 Å². The average Bonchev–Trinajstić information content (AvgIpc) is 2.52. The second-order valence-electron chi connectivity index (χ2n) is 6.17. The lowest BCUT2D eigenvalue weighted by Gasteiger charge is -2.20. The van der Waals surface area contributed by atoms with E-state index in [-0.39, 0.29) is 6.42 Å². The van der Waals surface area contributed by atoms with Crippen molar-refractivity contribution in [3.63, 3.8) is 0 Å². The molecule has 0 aliphatic rings. The van der Waals surface area contributed by atoms with Gasteiger partial charge in [-0.15, -0.1) is 0 Å². The summed E-state index contributed by atoms with van der Waals surface area (Å²) in [6.07, 6.45) is 9.36. The summed E-state index contributed by atoms with van der Waals surface area (Å²) in [4.78, 5) is 10.4. The van der Waals surface area contributed by atoms with Gasteiger partial charge < -0.3 is 20.4 Å². The van der Waals surface area contributed by atoms with Crippen molar-refractivity contribution in [3.05, 3.63) is 12.2 Å². The molecule has 4 N–H and O–H groups in total. The first-order valence-electron chi connectivity index (χ1n) is 8.91. The molecular formula is C18H34O5. The van der Waals surface area contributed by atoms with E-state index in [9.17, 15) is 20.1 Å². The number of aliphatic hydroxyl groups excluding tert-OH is 3. The second-order valence-corrected chi connectivity index (χ2v) is 6.17. The molecule has 0 amide bonds. The summed E-state index contributed by atoms with van der Waals surface area (Å²) < 4.78 is 0. The number of aliphatic hydroxyl groups is 3. The monoisotopic (exact) mass is 330 g/mol. The van der Waals surface area contributed by atoms with Crippen LogP contribution in [0.4, 0.5) is 0 Å². The van der Waals surface area contributed by atoms with E-state index in [4.69, 9.17) is 5.11 Å². The highest BCUT2D eigenvalue weighted by molar-refractivity contribution is 5.66. The Labute approximate surface area is 140 Å². The molecule has 0 radical (unpaired) electrons. The van der Waals surface area contributed by atoms with Crippen LogP contribution in [0.2, 0.25) is 0 Å². The van der Waals surface area contributed by atoms with Gasteiger partial charge in [-0.2, -0.15) is 0 Å². The normalized spacial score (nSPS) is 15.7. The van der Waals surface area contributed by atoms with Crippen LogP contribution in [0.25, 0.3) is 0 Å². The molecule has 23 heavy (non-hydrogen) atoms. The van der Waals surface area contributed by atoms with Crippen molar-refractivity contribution >= 4 is 5.97 Å². The highest BCUT2D eigenvalue weighted by atomic mass is 16.4. The Morgan fingerprint density at radius 2 is 1.61 bits per heavy atom. The van der Waals surface area contributed by atoms with Crippen molar-refractivity contribution in [2.75, 3.05) is 0 Å². The Morgan fingerprint density at radius 3 is 2.26 bits per heavy atom. The summed E-state index contributed by atoms with van der Waals surface area (Å²) in [7, 11) is 0. The second kappa shape index (κ2) is 14.7. The zero-order chi connectivity index (χ0) is 17.5. The maximum Gasteiger partial charge on any atom is 0.303 e. The number of unbranched alkanes of at least 4 members (excludes halogenated alkanes) is 7. The number of hydrogen-bond acceptors (Lipinski definition) is 4. The third-order valence-electron chi connectivity index (χ3n) is 3.94. The first kappa shape index (κ1) is 22.1. The van der Waals surface area contributed by atoms with Crippen LogP contribution in [0.5, 0.6) is 0 Å². The number of carboxylic acids is 1. The summed E-state index contributed by atoms with van der Waals surface area (Å²) in [5.41, 5.74) is 0. The maximum absolute atomic E-state index is 10.4. The Hall–Kier alpha value is -0.910. The zero-order valence-electron chi connectivity index (χ0n) is 14.4. The Bertz CT molecular complexity index is 317. The molecule has 0 aliphatic carbocycles. The molecule has 0 saturated carbocycles. The average molecular weight is 330 g/mol. The lowest BCUT2D eigenvalue weighted by molar-refractivity contribution is -0.137. The van der Waals surface area contributed by atoms with Crippen LogP contribution in [0.3, 0.4) is 0 Å². The van der Waals surface area contributed by atoms with Crippen molar-refractivity contribution in [2.24, 2.45) is 0 Å². The van der Waals surface area contributed by atoms with Crippen LogP contribution in [0.1, 0.15) is 77.6 Å². The first-order valence-corrected chi connectivity index (χ1v) is 8.91. The van der Waals surface area contributed by atoms with E-state index in [2.05, 4.69) is 6.92 Å². The van der Waals surface area contributed by atoms with Gasteiger partial charge in [-0.1, -0.05) is 57.6 Å². The lowest BCUT2D eigenvalue weighted by atomic mass is 10.0. The minimum absolute atomic E-state index is 0.206. The number of allylic oxidation sites excluding steroid dienone is 1. The molecule has 0 unspecified atom stereocenters. The minimum Gasteiger partial charge on any atom is -0.481 e. The fourth-order valence-electron chi connectivity index (χ4n) is 2.42. The highest BCUT2D eigenvalue weighted by Gasteiger charge is 2.21. The first-order chi connectivity index (χ1) is 11.0. The number of carbonyl (C=O) groups is 1. The van der Waals surface area contributed by atoms with Crippen molar-refractivity contribution in [2.45, 2.75) is 95.9 Å². The third-order valence-corrected chi connectivity index (χ3v) is 3.94. The van der Waals surface area contributed by atoms with Crippen LogP contribution in [0.15, 0.2) is 12.2 Å². The highest BCUT2D eigenvalue weighted by Crippen LogP contribution is 2.13. The summed E-state index contributed by atoms with van der Waals surface area (Å²) in [5, 5.41) is 38.1. The van der Waals surface area contributed by atoms with E-state index >= 15 is 0 Å². The molecular weight excluding hydrogens is 296 g/mol. The lowest BCUT2D eigenvalue weighted by Crippen LogP contribution is -2.36. The topological polar surface area (TPSA) is 98.0 Å². The van der Waals surface area contributed by atoms with Gasteiger partial charge in [-0.25, -0.2) is 0 Å². The maximum atomic E-state index is 10.4. The standard InChI is InChI=1S/C18H34O5/c1-2-3-4-6-9-12-15(19)18(23)16(20)13-10-7-5-8-11-14-17(21)22/h9,12,15-16,18-20,23H,2-8,10-11,13-14H2,1H3,(H,21,22)/b12-9-/t15-,16-,18+/m1/s1. The van der Waals surface area contributed by atoms with Crippen molar-refractivity contribution in [1.29, 1.82) is 0 Å². The van der Waals surface area contributed by atoms with Gasteiger partial charge in [0.05, 0.1) is 6.10 Å². The van der Waals surface area contributed by atoms with Crippen molar-refractivity contribution in [1.82, 2.24) is 0 Å². The molecule has 5 heteroatoms. The number of hydrogen-bond donors (Lipinski definition) is 4. The molecule has 0 bridgehead atoms. The number of carboxylic acid groups (broad SMARTS) is 1. The quantitative estimate of drug-likeness (QED) is 0.273. The molecule has 0 aliphatic heterocycles. The summed E-state index contributed by atoms with van der Waals surface area (Å²) in [6.45, 7) is 2.13. The van der Waals surface area contributed by atoms with E-state index in [0.717, 1.165) is 51.4 Å². The number of aliphatic carboxylic acids is 1. The van der Waals surface area contributed by atoms with Gasteiger partial charge in [-0.3, -0.25) is 4.79 Å². The van der Waals surface area contributed by atoms with Gasteiger partial charge in [0.25, 0.3) is 0 Å². The van der Waals surface area contributed by atoms with Gasteiger partial charge in [-0.05, 0) is 25.7 Å². The molecule has 136 valence electrons. The largest absolute Gasteiger partial charge is 0.481 e. The van der Waals surface area contributed by atoms with Crippen LogP contribution in [-0.4, -0.2) is 44.7 Å². The Balaban J connectivity index is 3.71. The van der Waals surface area contributed by atoms with Gasteiger partial charge >= 0.3 is 5.97 Å². The molecule has 3 atom stereocenters. The smallest absolute Gasteiger partial charge is 0.303 e. The third kappa shape index (κ3) is 13.2. The van der Waals surface area contributed by atoms with Gasteiger partial charge in [0.1, 0.15) is 12.2 Å². The van der Waals surface area contributed by atoms with E-state index < -0.39 is 24.3 Å². The summed E-state index contributed by atoms with van der Waals surface area (Å²) in [6, 6.07) is 0. The summed E-state index contributed by atoms with van der Waals surface area (Å²) in [5.74, 6) is -0.764. The van der Waals surface area contributed by atoms with Crippen molar-refractivity contribution in [3.8, 4) is 0 Å². The van der Waals surface area contributed by atoms with E-state index in [1.807, 2.05) is 6.08 Å². The van der Waals surface area contributed by atoms with Gasteiger partial charge in [0.2, 0.25) is 0 Å². The molecule has 5 nitrogen and oxygen atoms in total. The molecule has 0 aromatic rings. The summed E-state index contributed by atoms with van der Waals surface area (Å²) >= 11 is 0. The Morgan fingerprint density at radius 1 is 0.957 bits per heavy atom. The fourth-order valence-corrected chi connectivity index (χ4v) is 2.42. The van der Waals surface area contributed by atoms with E-state index in [1.54, 1.807) is 6.08 Å². The van der Waals surface area contributed by atoms with Crippen LogP contribution < -0.4 is 0 Å². The van der Waals surface area contributed by atoms with Crippen LogP contribution in [0, 0.1) is 0 Å². The molecule has 0 spiro atoms. The minimum atomic E-state index is -1.15. The molecule has 0 rings (SSSR count). The predicted molar refractivity (Wildman–Crippen MR) is 91.3 cm³/mol. The van der Waals surface area contributed by atoms with E-state index in [0.29, 0.717) is 12.8 Å². The number of rotatable bonds is 15. The molecule has 0 fully saturated rings.